The standard InChI is InChI=1S/C16H19NO3S/c1-19-13-6-5-12(15(10-13)20-2)7-8-17-16(18)11-14-4-3-9-21-14/h3-6,9-10H,7-8,11H2,1-2H3,(H,17,18). The van der Waals surface area contributed by atoms with E-state index in [-0.39, 0.29) is 5.91 Å². The van der Waals surface area contributed by atoms with E-state index in [1.165, 1.54) is 0 Å². The molecule has 0 aliphatic rings. The first-order valence-corrected chi connectivity index (χ1v) is 7.61. The molecule has 1 N–H and O–H groups in total. The third-order valence-electron chi connectivity index (χ3n) is 3.13. The van der Waals surface area contributed by atoms with Crippen molar-refractivity contribution in [1.82, 2.24) is 5.32 Å². The highest BCUT2D eigenvalue weighted by Gasteiger charge is 2.07. The van der Waals surface area contributed by atoms with Crippen LogP contribution in [0.15, 0.2) is 35.7 Å². The fraction of sp³-hybridized carbons (Fsp3) is 0.312. The Kier molecular flexibility index (Phi) is 5.63. The van der Waals surface area contributed by atoms with E-state index in [9.17, 15) is 4.79 Å². The Morgan fingerprint density at radius 3 is 2.76 bits per heavy atom. The Bertz CT molecular complexity index is 581. The van der Waals surface area contributed by atoms with Crippen molar-refractivity contribution in [1.29, 1.82) is 0 Å². The van der Waals surface area contributed by atoms with Gasteiger partial charge in [0.1, 0.15) is 11.5 Å². The third-order valence-corrected chi connectivity index (χ3v) is 4.00. The summed E-state index contributed by atoms with van der Waals surface area (Å²) in [6.45, 7) is 0.590. The molecule has 112 valence electrons. The van der Waals surface area contributed by atoms with Crippen LogP contribution in [-0.2, 0) is 17.6 Å². The van der Waals surface area contributed by atoms with Gasteiger partial charge in [-0.25, -0.2) is 0 Å². The maximum atomic E-state index is 11.8. The molecule has 1 heterocycles. The van der Waals surface area contributed by atoms with Gasteiger partial charge in [0.25, 0.3) is 0 Å². The molecule has 1 amide bonds. The molecule has 0 saturated carbocycles. The molecule has 1 aromatic heterocycles. The molecule has 0 radical (unpaired) electrons. The van der Waals surface area contributed by atoms with E-state index in [1.54, 1.807) is 25.6 Å². The van der Waals surface area contributed by atoms with Crippen LogP contribution in [0.25, 0.3) is 0 Å². The lowest BCUT2D eigenvalue weighted by atomic mass is 10.1. The molecule has 4 nitrogen and oxygen atoms in total. The van der Waals surface area contributed by atoms with Gasteiger partial charge in [-0.3, -0.25) is 4.79 Å². The second-order valence-electron chi connectivity index (χ2n) is 4.53. The topological polar surface area (TPSA) is 47.6 Å². The molecule has 0 saturated heterocycles. The Labute approximate surface area is 128 Å². The van der Waals surface area contributed by atoms with Gasteiger partial charge < -0.3 is 14.8 Å². The average molecular weight is 305 g/mol. The van der Waals surface area contributed by atoms with E-state index < -0.39 is 0 Å². The lowest BCUT2D eigenvalue weighted by molar-refractivity contribution is -0.120. The van der Waals surface area contributed by atoms with Crippen molar-refractivity contribution in [2.24, 2.45) is 0 Å². The van der Waals surface area contributed by atoms with Crippen LogP contribution in [0.5, 0.6) is 11.5 Å². The Balaban J connectivity index is 1.84. The van der Waals surface area contributed by atoms with Crippen LogP contribution < -0.4 is 14.8 Å². The number of hydrogen-bond acceptors (Lipinski definition) is 4. The molecule has 2 aromatic rings. The highest BCUT2D eigenvalue weighted by molar-refractivity contribution is 7.10. The predicted molar refractivity (Wildman–Crippen MR) is 84.3 cm³/mol. The van der Waals surface area contributed by atoms with Gasteiger partial charge >= 0.3 is 0 Å². The molecule has 21 heavy (non-hydrogen) atoms. The summed E-state index contributed by atoms with van der Waals surface area (Å²) < 4.78 is 10.5. The van der Waals surface area contributed by atoms with Crippen LogP contribution in [0.2, 0.25) is 0 Å². The van der Waals surface area contributed by atoms with E-state index in [1.807, 2.05) is 35.7 Å². The lowest BCUT2D eigenvalue weighted by Gasteiger charge is -2.11. The van der Waals surface area contributed by atoms with Gasteiger partial charge in [-0.1, -0.05) is 12.1 Å². The number of carbonyl (C=O) groups excluding carboxylic acids is 1. The summed E-state index contributed by atoms with van der Waals surface area (Å²) >= 11 is 1.60. The van der Waals surface area contributed by atoms with E-state index in [2.05, 4.69) is 5.32 Å². The number of thiophene rings is 1. The summed E-state index contributed by atoms with van der Waals surface area (Å²) in [6.07, 6.45) is 1.17. The fourth-order valence-electron chi connectivity index (χ4n) is 2.03. The zero-order chi connectivity index (χ0) is 15.1. The molecule has 0 bridgehead atoms. The van der Waals surface area contributed by atoms with E-state index in [4.69, 9.17) is 9.47 Å². The van der Waals surface area contributed by atoms with E-state index in [0.29, 0.717) is 13.0 Å². The fourth-order valence-corrected chi connectivity index (χ4v) is 2.73. The molecule has 0 unspecified atom stereocenters. The first-order valence-electron chi connectivity index (χ1n) is 6.73. The van der Waals surface area contributed by atoms with Gasteiger partial charge in [0.2, 0.25) is 5.91 Å². The van der Waals surface area contributed by atoms with Crippen LogP contribution in [0.4, 0.5) is 0 Å². The Hall–Kier alpha value is -2.01. The number of carbonyl (C=O) groups is 1. The third kappa shape index (κ3) is 4.49. The minimum absolute atomic E-state index is 0.0462. The normalized spacial score (nSPS) is 10.2. The quantitative estimate of drug-likeness (QED) is 0.855. The van der Waals surface area contributed by atoms with Crippen LogP contribution in [0, 0.1) is 0 Å². The predicted octanol–water partition coefficient (Wildman–Crippen LogP) is 2.67. The Morgan fingerprint density at radius 2 is 2.10 bits per heavy atom. The van der Waals surface area contributed by atoms with Gasteiger partial charge in [-0.15, -0.1) is 11.3 Å². The smallest absolute Gasteiger partial charge is 0.225 e. The number of benzene rings is 1. The SMILES string of the molecule is COc1ccc(CCNC(=O)Cc2cccs2)c(OC)c1. The highest BCUT2D eigenvalue weighted by Crippen LogP contribution is 2.24. The van der Waals surface area contributed by atoms with Crippen molar-refractivity contribution >= 4 is 17.2 Å². The molecule has 0 aliphatic heterocycles. The van der Waals surface area contributed by atoms with Crippen LogP contribution >= 0.6 is 11.3 Å². The number of hydrogen-bond donors (Lipinski definition) is 1. The van der Waals surface area contributed by atoms with Gasteiger partial charge in [0.15, 0.2) is 0 Å². The zero-order valence-electron chi connectivity index (χ0n) is 12.2. The van der Waals surface area contributed by atoms with Gasteiger partial charge in [-0.05, 0) is 29.5 Å². The number of rotatable bonds is 7. The minimum Gasteiger partial charge on any atom is -0.497 e. The van der Waals surface area contributed by atoms with Gasteiger partial charge in [-0.2, -0.15) is 0 Å². The molecular formula is C16H19NO3S. The van der Waals surface area contributed by atoms with Crippen molar-refractivity contribution in [2.75, 3.05) is 20.8 Å². The Morgan fingerprint density at radius 1 is 1.24 bits per heavy atom. The molecule has 0 atom stereocenters. The first-order chi connectivity index (χ1) is 10.2. The second-order valence-corrected chi connectivity index (χ2v) is 5.57. The molecule has 1 aromatic carbocycles. The van der Waals surface area contributed by atoms with Crippen molar-refractivity contribution in [3.63, 3.8) is 0 Å². The monoisotopic (exact) mass is 305 g/mol. The summed E-state index contributed by atoms with van der Waals surface area (Å²) in [5, 5.41) is 4.91. The van der Waals surface area contributed by atoms with Crippen molar-refractivity contribution < 1.29 is 14.3 Å². The number of methoxy groups -OCH3 is 2. The van der Waals surface area contributed by atoms with Crippen molar-refractivity contribution in [3.8, 4) is 11.5 Å². The number of ether oxygens (including phenoxy) is 2. The molecular weight excluding hydrogens is 286 g/mol. The maximum Gasteiger partial charge on any atom is 0.225 e. The summed E-state index contributed by atoms with van der Waals surface area (Å²) in [7, 11) is 3.26. The van der Waals surface area contributed by atoms with Crippen LogP contribution in [0.1, 0.15) is 10.4 Å². The van der Waals surface area contributed by atoms with Gasteiger partial charge in [0, 0.05) is 17.5 Å². The zero-order valence-corrected chi connectivity index (χ0v) is 13.0. The largest absolute Gasteiger partial charge is 0.497 e. The molecule has 0 spiro atoms. The van der Waals surface area contributed by atoms with Crippen molar-refractivity contribution in [2.45, 2.75) is 12.8 Å². The highest BCUT2D eigenvalue weighted by atomic mass is 32.1. The minimum atomic E-state index is 0.0462. The summed E-state index contributed by atoms with van der Waals surface area (Å²) in [5.74, 6) is 1.59. The number of amides is 1. The van der Waals surface area contributed by atoms with Crippen molar-refractivity contribution in [3.05, 3.63) is 46.2 Å². The van der Waals surface area contributed by atoms with E-state index >= 15 is 0 Å². The summed E-state index contributed by atoms with van der Waals surface area (Å²) in [5.41, 5.74) is 1.05. The molecule has 0 aliphatic carbocycles. The summed E-state index contributed by atoms with van der Waals surface area (Å²) in [6, 6.07) is 9.63. The molecule has 5 heteroatoms. The second kappa shape index (κ2) is 7.69. The molecule has 2 rings (SSSR count). The van der Waals surface area contributed by atoms with Crippen LogP contribution in [0.3, 0.4) is 0 Å². The maximum absolute atomic E-state index is 11.8. The lowest BCUT2D eigenvalue weighted by Crippen LogP contribution is -2.27. The van der Waals surface area contributed by atoms with Crippen LogP contribution in [-0.4, -0.2) is 26.7 Å². The van der Waals surface area contributed by atoms with Gasteiger partial charge in [0.05, 0.1) is 20.6 Å². The number of nitrogens with one attached hydrogen (secondary N) is 1. The average Bonchev–Trinajstić information content (AvgIpc) is 3.00. The van der Waals surface area contributed by atoms with E-state index in [0.717, 1.165) is 28.4 Å². The summed E-state index contributed by atoms with van der Waals surface area (Å²) in [4.78, 5) is 12.9. The molecule has 0 fully saturated rings. The first kappa shape index (κ1) is 15.4.